The molecule has 2 atom stereocenters. The molecule has 4 heterocycles. The smallest absolute Gasteiger partial charge is 0.349 e. The lowest BCUT2D eigenvalue weighted by atomic mass is 10.0. The number of fused-ring (bicyclic) bond motifs is 1. The number of rotatable bonds is 5. The minimum atomic E-state index is -5.05. The Morgan fingerprint density at radius 3 is 2.49 bits per heavy atom. The average molecular weight is 643 g/mol. The Hall–Kier alpha value is -4.32. The first-order valence-corrected chi connectivity index (χ1v) is 14.7. The van der Waals surface area contributed by atoms with Crippen LogP contribution in [-0.2, 0) is 11.0 Å². The number of aryl methyl sites for hydroxylation is 1. The van der Waals surface area contributed by atoms with Gasteiger partial charge in [0.1, 0.15) is 17.2 Å². The van der Waals surface area contributed by atoms with Crippen LogP contribution < -0.4 is 10.6 Å². The summed E-state index contributed by atoms with van der Waals surface area (Å²) in [4.78, 5) is 43.6. The highest BCUT2D eigenvalue weighted by atomic mass is 35.5. The molecule has 1 amide bonds. The molecule has 0 saturated carbocycles. The fourth-order valence-corrected chi connectivity index (χ4v) is 6.11. The van der Waals surface area contributed by atoms with Gasteiger partial charge in [-0.05, 0) is 56.5 Å². The number of pyridine rings is 2. The summed E-state index contributed by atoms with van der Waals surface area (Å²) in [7, 11) is 0. The SMILES string of the molecule is C=CC(=O)N1CC(C)N(c2nc(=O)n(-c3c(C)ccnc3C(C)C)c3nc(-c4cccc(F)c4C(F)(F)F)c(Cl)cc23)CC1C. The van der Waals surface area contributed by atoms with E-state index in [1.807, 2.05) is 32.6 Å². The van der Waals surface area contributed by atoms with Crippen molar-refractivity contribution in [3.8, 4) is 16.9 Å². The van der Waals surface area contributed by atoms with Crippen LogP contribution in [0.2, 0.25) is 5.02 Å². The Labute approximate surface area is 262 Å². The van der Waals surface area contributed by atoms with Crippen LogP contribution >= 0.6 is 11.6 Å². The highest BCUT2D eigenvalue weighted by Gasteiger charge is 2.39. The molecule has 236 valence electrons. The van der Waals surface area contributed by atoms with Gasteiger partial charge in [0, 0.05) is 36.9 Å². The Balaban J connectivity index is 1.87. The van der Waals surface area contributed by atoms with Crippen LogP contribution in [0.5, 0.6) is 0 Å². The van der Waals surface area contributed by atoms with Gasteiger partial charge in [-0.25, -0.2) is 18.7 Å². The molecule has 0 aliphatic carbocycles. The van der Waals surface area contributed by atoms with Crippen molar-refractivity contribution in [2.45, 2.75) is 58.8 Å². The molecule has 13 heteroatoms. The van der Waals surface area contributed by atoms with E-state index in [-0.39, 0.29) is 58.0 Å². The second-order valence-electron chi connectivity index (χ2n) is 11.5. The first kappa shape index (κ1) is 32.1. The quantitative estimate of drug-likeness (QED) is 0.178. The van der Waals surface area contributed by atoms with Gasteiger partial charge < -0.3 is 9.80 Å². The maximum atomic E-state index is 14.7. The van der Waals surface area contributed by atoms with E-state index in [4.69, 9.17) is 11.6 Å². The van der Waals surface area contributed by atoms with Gasteiger partial charge in [0.25, 0.3) is 0 Å². The van der Waals surface area contributed by atoms with Crippen molar-refractivity contribution in [2.75, 3.05) is 18.0 Å². The molecule has 1 aliphatic rings. The van der Waals surface area contributed by atoms with E-state index in [9.17, 15) is 27.2 Å². The molecule has 0 bridgehead atoms. The summed E-state index contributed by atoms with van der Waals surface area (Å²) >= 11 is 6.66. The fraction of sp³-hybridized carbons (Fsp3) is 0.344. The molecule has 0 radical (unpaired) electrons. The number of carbonyl (C=O) groups excluding carboxylic acids is 1. The third-order valence-electron chi connectivity index (χ3n) is 7.99. The van der Waals surface area contributed by atoms with Crippen LogP contribution in [0.4, 0.5) is 23.4 Å². The predicted octanol–water partition coefficient (Wildman–Crippen LogP) is 6.70. The van der Waals surface area contributed by atoms with Crippen molar-refractivity contribution in [3.63, 3.8) is 0 Å². The largest absolute Gasteiger partial charge is 0.419 e. The van der Waals surface area contributed by atoms with Crippen LogP contribution in [0.15, 0.2) is 54.0 Å². The summed E-state index contributed by atoms with van der Waals surface area (Å²) in [6.45, 7) is 13.4. The van der Waals surface area contributed by atoms with E-state index in [1.165, 1.54) is 16.7 Å². The van der Waals surface area contributed by atoms with Crippen molar-refractivity contribution < 1.29 is 22.4 Å². The first-order chi connectivity index (χ1) is 21.1. The third kappa shape index (κ3) is 5.67. The number of alkyl halides is 3. The zero-order valence-electron chi connectivity index (χ0n) is 25.3. The average Bonchev–Trinajstić information content (AvgIpc) is 2.96. The Morgan fingerprint density at radius 2 is 1.84 bits per heavy atom. The van der Waals surface area contributed by atoms with Gasteiger partial charge in [0.05, 0.1) is 27.5 Å². The number of halogens is 5. The van der Waals surface area contributed by atoms with Gasteiger partial charge in [-0.1, -0.05) is 44.2 Å². The molecule has 8 nitrogen and oxygen atoms in total. The second kappa shape index (κ2) is 11.9. The highest BCUT2D eigenvalue weighted by molar-refractivity contribution is 6.34. The van der Waals surface area contributed by atoms with Gasteiger partial charge in [-0.15, -0.1) is 0 Å². The maximum absolute atomic E-state index is 14.7. The van der Waals surface area contributed by atoms with E-state index in [0.29, 0.717) is 29.6 Å². The summed E-state index contributed by atoms with van der Waals surface area (Å²) in [5.41, 5.74) is -1.61. The predicted molar refractivity (Wildman–Crippen MR) is 165 cm³/mol. The number of hydrogen-bond acceptors (Lipinski definition) is 6. The van der Waals surface area contributed by atoms with Crippen LogP contribution in [0, 0.1) is 12.7 Å². The number of hydrogen-bond donors (Lipinski definition) is 0. The number of aromatic nitrogens is 4. The molecule has 4 aromatic rings. The van der Waals surface area contributed by atoms with Crippen LogP contribution in [0.1, 0.15) is 50.4 Å². The summed E-state index contributed by atoms with van der Waals surface area (Å²) in [5.74, 6) is -1.66. The number of amides is 1. The minimum absolute atomic E-state index is 0.0239. The first-order valence-electron chi connectivity index (χ1n) is 14.3. The van der Waals surface area contributed by atoms with E-state index in [0.717, 1.165) is 12.1 Å². The van der Waals surface area contributed by atoms with E-state index in [1.54, 1.807) is 24.1 Å². The molecule has 1 fully saturated rings. The lowest BCUT2D eigenvalue weighted by Gasteiger charge is -2.44. The Bertz CT molecular complexity index is 1890. The molecule has 0 spiro atoms. The minimum Gasteiger partial charge on any atom is -0.349 e. The standard InChI is InChI=1S/C32H31ClF4N6O2/c1-7-24(44)41-14-19(6)42(15-18(41)5)29-21-13-22(33)27(20-9-8-10-23(34)25(20)32(35,36)37)39-30(21)43(31(45)40-29)28-17(4)11-12-38-26(28)16(2)3/h7-13,16,18-19H,1,14-15H2,2-6H3. The van der Waals surface area contributed by atoms with Gasteiger partial charge in [0.2, 0.25) is 5.91 Å². The van der Waals surface area contributed by atoms with Gasteiger partial charge in [0.15, 0.2) is 5.65 Å². The molecule has 3 aromatic heterocycles. The van der Waals surface area contributed by atoms with Crippen molar-refractivity contribution >= 4 is 34.4 Å². The fourth-order valence-electron chi connectivity index (χ4n) is 5.86. The van der Waals surface area contributed by atoms with E-state index < -0.39 is 28.8 Å². The summed E-state index contributed by atoms with van der Waals surface area (Å²) < 4.78 is 58.3. The maximum Gasteiger partial charge on any atom is 0.419 e. The van der Waals surface area contributed by atoms with E-state index in [2.05, 4.69) is 21.5 Å². The van der Waals surface area contributed by atoms with Crippen LogP contribution in [0.3, 0.4) is 0 Å². The lowest BCUT2D eigenvalue weighted by Crippen LogP contribution is -2.58. The van der Waals surface area contributed by atoms with Crippen LogP contribution in [0.25, 0.3) is 28.0 Å². The molecule has 1 aromatic carbocycles. The van der Waals surface area contributed by atoms with Gasteiger partial charge in [-0.3, -0.25) is 9.78 Å². The molecule has 2 unspecified atom stereocenters. The molecule has 5 rings (SSSR count). The zero-order chi connectivity index (χ0) is 33.0. The second-order valence-corrected chi connectivity index (χ2v) is 11.9. The Morgan fingerprint density at radius 1 is 1.13 bits per heavy atom. The van der Waals surface area contributed by atoms with Crippen molar-refractivity contribution in [1.82, 2.24) is 24.4 Å². The van der Waals surface area contributed by atoms with Gasteiger partial charge in [-0.2, -0.15) is 18.2 Å². The van der Waals surface area contributed by atoms with E-state index >= 15 is 0 Å². The third-order valence-corrected chi connectivity index (χ3v) is 8.28. The number of benzene rings is 1. The molecule has 0 N–H and O–H groups in total. The normalized spacial score (nSPS) is 17.3. The molecule has 1 aliphatic heterocycles. The Kier molecular flexibility index (Phi) is 8.47. The number of piperazine rings is 1. The number of nitrogens with zero attached hydrogens (tertiary/aromatic N) is 6. The van der Waals surface area contributed by atoms with Crippen molar-refractivity contribution in [2.24, 2.45) is 0 Å². The zero-order valence-corrected chi connectivity index (χ0v) is 26.0. The lowest BCUT2D eigenvalue weighted by molar-refractivity contribution is -0.139. The van der Waals surface area contributed by atoms with Gasteiger partial charge >= 0.3 is 11.9 Å². The molecular formula is C32H31ClF4N6O2. The number of anilines is 1. The monoisotopic (exact) mass is 642 g/mol. The highest BCUT2D eigenvalue weighted by Crippen LogP contribution is 2.42. The molecule has 1 saturated heterocycles. The van der Waals surface area contributed by atoms with Crippen molar-refractivity contribution in [3.05, 3.63) is 87.3 Å². The van der Waals surface area contributed by atoms with Crippen molar-refractivity contribution in [1.29, 1.82) is 0 Å². The number of carbonyl (C=O) groups is 1. The summed E-state index contributed by atoms with van der Waals surface area (Å²) in [6.07, 6.45) is -2.21. The molecule has 45 heavy (non-hydrogen) atoms. The summed E-state index contributed by atoms with van der Waals surface area (Å²) in [6, 6.07) is 5.45. The summed E-state index contributed by atoms with van der Waals surface area (Å²) in [5, 5.41) is 0.0915. The molecular weight excluding hydrogens is 612 g/mol. The topological polar surface area (TPSA) is 84.2 Å². The van der Waals surface area contributed by atoms with Crippen LogP contribution in [-0.4, -0.2) is 55.5 Å².